The first-order valence-corrected chi connectivity index (χ1v) is 11.4. The van der Waals surface area contributed by atoms with Crippen LogP contribution in [0.5, 0.6) is 5.75 Å². The third kappa shape index (κ3) is 5.29. The van der Waals surface area contributed by atoms with Crippen molar-refractivity contribution >= 4 is 21.6 Å². The summed E-state index contributed by atoms with van der Waals surface area (Å²) in [5, 5.41) is 2.95. The summed E-state index contributed by atoms with van der Waals surface area (Å²) >= 11 is 0. The molecular weight excluding hydrogens is 388 g/mol. The summed E-state index contributed by atoms with van der Waals surface area (Å²) in [6.45, 7) is 7.40. The van der Waals surface area contributed by atoms with Gasteiger partial charge in [-0.3, -0.25) is 9.10 Å². The highest BCUT2D eigenvalue weighted by atomic mass is 32.2. The van der Waals surface area contributed by atoms with Crippen LogP contribution < -0.4 is 14.4 Å². The van der Waals surface area contributed by atoms with Crippen LogP contribution in [-0.4, -0.2) is 33.7 Å². The van der Waals surface area contributed by atoms with Gasteiger partial charge in [-0.25, -0.2) is 8.42 Å². The van der Waals surface area contributed by atoms with Crippen molar-refractivity contribution in [1.29, 1.82) is 0 Å². The molecule has 7 heteroatoms. The Morgan fingerprint density at radius 1 is 1.17 bits per heavy atom. The Kier molecular flexibility index (Phi) is 7.30. The molecule has 29 heavy (non-hydrogen) atoms. The first kappa shape index (κ1) is 22.7. The maximum absolute atomic E-state index is 13.2. The Morgan fingerprint density at radius 3 is 2.41 bits per heavy atom. The van der Waals surface area contributed by atoms with E-state index in [9.17, 15) is 13.2 Å². The zero-order valence-corrected chi connectivity index (χ0v) is 18.7. The predicted octanol–water partition coefficient (Wildman–Crippen LogP) is 3.73. The van der Waals surface area contributed by atoms with Crippen molar-refractivity contribution in [1.82, 2.24) is 5.32 Å². The summed E-state index contributed by atoms with van der Waals surface area (Å²) < 4.78 is 32.0. The smallest absolute Gasteiger partial charge is 0.244 e. The van der Waals surface area contributed by atoms with Gasteiger partial charge in [0.2, 0.25) is 15.9 Å². The molecule has 158 valence electrons. The number of aryl methyl sites for hydroxylation is 2. The number of anilines is 1. The molecule has 0 saturated carbocycles. The van der Waals surface area contributed by atoms with E-state index in [4.69, 9.17) is 4.74 Å². The molecule has 2 rings (SSSR count). The Labute approximate surface area is 173 Å². The van der Waals surface area contributed by atoms with Crippen LogP contribution in [0.4, 0.5) is 5.69 Å². The van der Waals surface area contributed by atoms with Gasteiger partial charge in [-0.1, -0.05) is 37.3 Å². The average Bonchev–Trinajstić information content (AvgIpc) is 2.66. The molecule has 0 aromatic heterocycles. The highest BCUT2D eigenvalue weighted by Crippen LogP contribution is 2.29. The summed E-state index contributed by atoms with van der Waals surface area (Å²) in [4.78, 5) is 13.2. The van der Waals surface area contributed by atoms with Crippen LogP contribution in [0.25, 0.3) is 0 Å². The van der Waals surface area contributed by atoms with Crippen molar-refractivity contribution in [3.63, 3.8) is 0 Å². The van der Waals surface area contributed by atoms with Crippen LogP contribution in [0, 0.1) is 13.8 Å². The Balaban J connectivity index is 2.40. The number of nitrogens with one attached hydrogen (secondary N) is 1. The number of carbonyl (C=O) groups excluding carboxylic acids is 1. The standard InChI is InChI=1S/C22H30N2O4S/c1-7-19(22(25)23-17(4)18-10-8-9-11-21(18)28-5)24(29(6,26)27)20-14-15(2)12-13-16(20)3/h8-14,17,19H,7H2,1-6H3,(H,23,25)/t17-,19-/m1/s1. The normalized spacial score (nSPS) is 13.4. The molecular formula is C22H30N2O4S. The van der Waals surface area contributed by atoms with Gasteiger partial charge in [-0.15, -0.1) is 0 Å². The van der Waals surface area contributed by atoms with E-state index in [0.29, 0.717) is 17.9 Å². The van der Waals surface area contributed by atoms with Crippen LogP contribution in [-0.2, 0) is 14.8 Å². The largest absolute Gasteiger partial charge is 0.496 e. The molecule has 6 nitrogen and oxygen atoms in total. The number of rotatable bonds is 8. The molecule has 2 aromatic rings. The zero-order valence-electron chi connectivity index (χ0n) is 17.9. The summed E-state index contributed by atoms with van der Waals surface area (Å²) in [6.07, 6.45) is 1.47. The van der Waals surface area contributed by atoms with Gasteiger partial charge in [0.15, 0.2) is 0 Å². The van der Waals surface area contributed by atoms with Crippen molar-refractivity contribution < 1.29 is 17.9 Å². The second kappa shape index (κ2) is 9.31. The molecule has 0 aliphatic carbocycles. The molecule has 0 unspecified atom stereocenters. The second-order valence-corrected chi connectivity index (χ2v) is 9.10. The van der Waals surface area contributed by atoms with Crippen LogP contribution in [0.3, 0.4) is 0 Å². The lowest BCUT2D eigenvalue weighted by Crippen LogP contribution is -2.50. The SMILES string of the molecule is CC[C@H](C(=O)N[C@H](C)c1ccccc1OC)N(c1cc(C)ccc1C)S(C)(=O)=O. The number of para-hydroxylation sites is 1. The summed E-state index contributed by atoms with van der Waals surface area (Å²) in [5.41, 5.74) is 3.08. The van der Waals surface area contributed by atoms with E-state index in [0.717, 1.165) is 22.9 Å². The van der Waals surface area contributed by atoms with Crippen LogP contribution >= 0.6 is 0 Å². The minimum atomic E-state index is -3.68. The number of carbonyl (C=O) groups is 1. The van der Waals surface area contributed by atoms with Gasteiger partial charge in [0.25, 0.3) is 0 Å². The fourth-order valence-electron chi connectivity index (χ4n) is 3.40. The first-order chi connectivity index (χ1) is 13.6. The maximum atomic E-state index is 13.2. The molecule has 0 heterocycles. The summed E-state index contributed by atoms with van der Waals surface area (Å²) in [5.74, 6) is 0.320. The third-order valence-corrected chi connectivity index (χ3v) is 6.06. The number of amides is 1. The lowest BCUT2D eigenvalue weighted by atomic mass is 10.1. The number of ether oxygens (including phenoxy) is 1. The number of hydrogen-bond donors (Lipinski definition) is 1. The van der Waals surface area contributed by atoms with Gasteiger partial charge < -0.3 is 10.1 Å². The lowest BCUT2D eigenvalue weighted by molar-refractivity contribution is -0.122. The van der Waals surface area contributed by atoms with Gasteiger partial charge in [0.1, 0.15) is 11.8 Å². The molecule has 0 fully saturated rings. The number of methoxy groups -OCH3 is 1. The van der Waals surface area contributed by atoms with Gasteiger partial charge in [-0.2, -0.15) is 0 Å². The van der Waals surface area contributed by atoms with E-state index >= 15 is 0 Å². The van der Waals surface area contributed by atoms with Crippen molar-refractivity contribution in [2.45, 2.75) is 46.2 Å². The zero-order chi connectivity index (χ0) is 21.8. The molecule has 0 saturated heterocycles. The van der Waals surface area contributed by atoms with Gasteiger partial charge >= 0.3 is 0 Å². The third-order valence-electron chi connectivity index (χ3n) is 4.90. The van der Waals surface area contributed by atoms with Crippen LogP contribution in [0.15, 0.2) is 42.5 Å². The topological polar surface area (TPSA) is 75.7 Å². The van der Waals surface area contributed by atoms with E-state index in [1.165, 1.54) is 4.31 Å². The quantitative estimate of drug-likeness (QED) is 0.709. The van der Waals surface area contributed by atoms with Gasteiger partial charge in [0.05, 0.1) is 25.1 Å². The first-order valence-electron chi connectivity index (χ1n) is 9.60. The van der Waals surface area contributed by atoms with E-state index in [1.54, 1.807) is 20.1 Å². The van der Waals surface area contributed by atoms with E-state index < -0.39 is 16.1 Å². The highest BCUT2D eigenvalue weighted by molar-refractivity contribution is 7.92. The predicted molar refractivity (Wildman–Crippen MR) is 117 cm³/mol. The molecule has 2 aromatic carbocycles. The Bertz CT molecular complexity index is 973. The molecule has 2 atom stereocenters. The number of hydrogen-bond acceptors (Lipinski definition) is 4. The van der Waals surface area contributed by atoms with Crippen molar-refractivity contribution in [3.8, 4) is 5.75 Å². The summed E-state index contributed by atoms with van der Waals surface area (Å²) in [6, 6.07) is 11.8. The highest BCUT2D eigenvalue weighted by Gasteiger charge is 2.33. The van der Waals surface area contributed by atoms with Crippen LogP contribution in [0.1, 0.15) is 43.0 Å². The number of benzene rings is 2. The van der Waals surface area contributed by atoms with Gasteiger partial charge in [-0.05, 0) is 50.5 Å². The fraction of sp³-hybridized carbons (Fsp3) is 0.409. The number of sulfonamides is 1. The number of nitrogens with zero attached hydrogens (tertiary/aromatic N) is 1. The minimum absolute atomic E-state index is 0.338. The van der Waals surface area contributed by atoms with E-state index in [1.807, 2.05) is 57.2 Å². The fourth-order valence-corrected chi connectivity index (χ4v) is 4.66. The van der Waals surface area contributed by atoms with Crippen LogP contribution in [0.2, 0.25) is 0 Å². The second-order valence-electron chi connectivity index (χ2n) is 7.25. The van der Waals surface area contributed by atoms with Gasteiger partial charge in [0, 0.05) is 5.56 Å². The molecule has 0 radical (unpaired) electrons. The molecule has 0 spiro atoms. The van der Waals surface area contributed by atoms with Crippen molar-refractivity contribution in [2.24, 2.45) is 0 Å². The Hall–Kier alpha value is -2.54. The molecule has 0 bridgehead atoms. The van der Waals surface area contributed by atoms with E-state index in [2.05, 4.69) is 5.32 Å². The molecule has 0 aliphatic heterocycles. The van der Waals surface area contributed by atoms with E-state index in [-0.39, 0.29) is 11.9 Å². The molecule has 0 aliphatic rings. The summed E-state index contributed by atoms with van der Waals surface area (Å²) in [7, 11) is -2.10. The average molecular weight is 419 g/mol. The monoisotopic (exact) mass is 418 g/mol. The minimum Gasteiger partial charge on any atom is -0.496 e. The maximum Gasteiger partial charge on any atom is 0.244 e. The molecule has 1 amide bonds. The molecule has 1 N–H and O–H groups in total. The lowest BCUT2D eigenvalue weighted by Gasteiger charge is -2.32. The van der Waals surface area contributed by atoms with Crippen molar-refractivity contribution in [2.75, 3.05) is 17.7 Å². The Morgan fingerprint density at radius 2 is 1.83 bits per heavy atom. The van der Waals surface area contributed by atoms with Crippen molar-refractivity contribution in [3.05, 3.63) is 59.2 Å².